The Labute approximate surface area is 155 Å². The molecule has 0 aromatic heterocycles. The molecule has 1 heterocycles. The van der Waals surface area contributed by atoms with Crippen molar-refractivity contribution >= 4 is 10.0 Å². The van der Waals surface area contributed by atoms with E-state index in [1.807, 2.05) is 30.3 Å². The number of sulfonamides is 1. The van der Waals surface area contributed by atoms with E-state index >= 15 is 0 Å². The smallest absolute Gasteiger partial charge is 0.243 e. The third kappa shape index (κ3) is 4.63. The molecular weight excluding hydrogens is 350 g/mol. The summed E-state index contributed by atoms with van der Waals surface area (Å²) < 4.78 is 38.2. The number of methoxy groups -OCH3 is 1. The van der Waals surface area contributed by atoms with Crippen LogP contribution in [0.5, 0.6) is 5.75 Å². The minimum absolute atomic E-state index is 0.223. The average molecular weight is 375 g/mol. The van der Waals surface area contributed by atoms with Gasteiger partial charge in [0.1, 0.15) is 5.75 Å². The van der Waals surface area contributed by atoms with E-state index in [2.05, 4.69) is 0 Å². The molecule has 1 aliphatic heterocycles. The molecule has 140 valence electrons. The number of rotatable bonds is 7. The van der Waals surface area contributed by atoms with Crippen molar-refractivity contribution in [3.63, 3.8) is 0 Å². The molecule has 6 heteroatoms. The number of nitrogens with zero attached hydrogens (tertiary/aromatic N) is 1. The van der Waals surface area contributed by atoms with Crippen LogP contribution in [0.25, 0.3) is 0 Å². The number of hydrogen-bond acceptors (Lipinski definition) is 4. The van der Waals surface area contributed by atoms with Crippen molar-refractivity contribution in [3.05, 3.63) is 60.2 Å². The zero-order valence-corrected chi connectivity index (χ0v) is 15.8. The monoisotopic (exact) mass is 375 g/mol. The largest absolute Gasteiger partial charge is 0.497 e. The van der Waals surface area contributed by atoms with Crippen molar-refractivity contribution < 1.29 is 17.9 Å². The molecule has 0 amide bonds. The van der Waals surface area contributed by atoms with E-state index in [1.165, 1.54) is 0 Å². The molecule has 0 spiro atoms. The van der Waals surface area contributed by atoms with Gasteiger partial charge in [-0.1, -0.05) is 30.3 Å². The van der Waals surface area contributed by atoms with Crippen molar-refractivity contribution in [2.24, 2.45) is 5.92 Å². The van der Waals surface area contributed by atoms with Gasteiger partial charge >= 0.3 is 0 Å². The summed E-state index contributed by atoms with van der Waals surface area (Å²) in [7, 11) is -1.91. The molecule has 3 rings (SSSR count). The van der Waals surface area contributed by atoms with Crippen LogP contribution < -0.4 is 4.74 Å². The van der Waals surface area contributed by atoms with Gasteiger partial charge in [0.15, 0.2) is 0 Å². The van der Waals surface area contributed by atoms with Crippen molar-refractivity contribution in [1.29, 1.82) is 0 Å². The molecule has 26 heavy (non-hydrogen) atoms. The SMILES string of the molecule is COc1ccc(S(=O)(=O)N2CCCC(COCc3ccccc3)C2)cc1. The Bertz CT molecular complexity index is 790. The summed E-state index contributed by atoms with van der Waals surface area (Å²) in [5, 5.41) is 0. The van der Waals surface area contributed by atoms with Crippen molar-refractivity contribution in [3.8, 4) is 5.75 Å². The first-order valence-corrected chi connectivity index (χ1v) is 10.3. The highest BCUT2D eigenvalue weighted by Crippen LogP contribution is 2.25. The molecule has 2 aromatic rings. The number of benzene rings is 2. The first-order chi connectivity index (χ1) is 12.6. The standard InChI is InChI=1S/C20H25NO4S/c1-24-19-9-11-20(12-10-19)26(22,23)21-13-5-8-18(14-21)16-25-15-17-6-3-2-4-7-17/h2-4,6-7,9-12,18H,5,8,13-16H2,1H3. The van der Waals surface area contributed by atoms with Gasteiger partial charge in [0.2, 0.25) is 10.0 Å². The van der Waals surface area contributed by atoms with E-state index in [1.54, 1.807) is 35.7 Å². The lowest BCUT2D eigenvalue weighted by atomic mass is 10.0. The predicted molar refractivity (Wildman–Crippen MR) is 101 cm³/mol. The molecule has 1 atom stereocenters. The molecule has 1 fully saturated rings. The molecular formula is C20H25NO4S. The van der Waals surface area contributed by atoms with E-state index < -0.39 is 10.0 Å². The number of hydrogen-bond donors (Lipinski definition) is 0. The van der Waals surface area contributed by atoms with Crippen molar-refractivity contribution in [2.45, 2.75) is 24.3 Å². The first kappa shape index (κ1) is 18.9. The molecule has 1 saturated heterocycles. The molecule has 0 bridgehead atoms. The zero-order valence-electron chi connectivity index (χ0n) is 15.0. The van der Waals surface area contributed by atoms with Gasteiger partial charge in [0, 0.05) is 13.1 Å². The van der Waals surface area contributed by atoms with Crippen LogP contribution in [-0.4, -0.2) is 39.5 Å². The van der Waals surface area contributed by atoms with Crippen LogP contribution in [0, 0.1) is 5.92 Å². The average Bonchev–Trinajstić information content (AvgIpc) is 2.69. The fourth-order valence-corrected chi connectivity index (χ4v) is 4.75. The van der Waals surface area contributed by atoms with Crippen LogP contribution in [-0.2, 0) is 21.4 Å². The van der Waals surface area contributed by atoms with Crippen LogP contribution in [0.4, 0.5) is 0 Å². The highest BCUT2D eigenvalue weighted by molar-refractivity contribution is 7.89. The third-order valence-corrected chi connectivity index (χ3v) is 6.52. The Hall–Kier alpha value is -1.89. The number of piperidine rings is 1. The Morgan fingerprint density at radius 2 is 1.81 bits per heavy atom. The summed E-state index contributed by atoms with van der Waals surface area (Å²) in [6, 6.07) is 16.6. The zero-order chi connectivity index (χ0) is 18.4. The molecule has 0 N–H and O–H groups in total. The second-order valence-corrected chi connectivity index (χ2v) is 8.49. The Morgan fingerprint density at radius 1 is 1.08 bits per heavy atom. The molecule has 0 saturated carbocycles. The van der Waals surface area contributed by atoms with Crippen LogP contribution >= 0.6 is 0 Å². The first-order valence-electron chi connectivity index (χ1n) is 8.85. The lowest BCUT2D eigenvalue weighted by Gasteiger charge is -2.31. The minimum atomic E-state index is -3.47. The fraction of sp³-hybridized carbons (Fsp3) is 0.400. The molecule has 1 unspecified atom stereocenters. The second-order valence-electron chi connectivity index (χ2n) is 6.55. The minimum Gasteiger partial charge on any atom is -0.497 e. The lowest BCUT2D eigenvalue weighted by Crippen LogP contribution is -2.41. The summed E-state index contributed by atoms with van der Waals surface area (Å²) >= 11 is 0. The summed E-state index contributed by atoms with van der Waals surface area (Å²) in [6.07, 6.45) is 1.85. The predicted octanol–water partition coefficient (Wildman–Crippen LogP) is 3.31. The normalized spacial score (nSPS) is 18.6. The number of ether oxygens (including phenoxy) is 2. The van der Waals surface area contributed by atoms with E-state index in [9.17, 15) is 8.42 Å². The second kappa shape index (κ2) is 8.66. The summed E-state index contributed by atoms with van der Waals surface area (Å²) in [6.45, 7) is 2.19. The lowest BCUT2D eigenvalue weighted by molar-refractivity contribution is 0.0672. The van der Waals surface area contributed by atoms with Gasteiger partial charge in [-0.15, -0.1) is 0 Å². The summed E-state index contributed by atoms with van der Waals surface area (Å²) in [5.41, 5.74) is 1.13. The van der Waals surface area contributed by atoms with Gasteiger partial charge in [-0.3, -0.25) is 0 Å². The van der Waals surface area contributed by atoms with Gasteiger partial charge in [0.25, 0.3) is 0 Å². The highest BCUT2D eigenvalue weighted by Gasteiger charge is 2.30. The van der Waals surface area contributed by atoms with Crippen molar-refractivity contribution in [2.75, 3.05) is 26.8 Å². The Kier molecular flexibility index (Phi) is 6.29. The highest BCUT2D eigenvalue weighted by atomic mass is 32.2. The molecule has 2 aromatic carbocycles. The van der Waals surface area contributed by atoms with E-state index in [0.717, 1.165) is 18.4 Å². The molecule has 5 nitrogen and oxygen atoms in total. The quantitative estimate of drug-likeness (QED) is 0.745. The Morgan fingerprint density at radius 3 is 2.50 bits per heavy atom. The maximum absolute atomic E-state index is 12.9. The van der Waals surface area contributed by atoms with Crippen LogP contribution in [0.15, 0.2) is 59.5 Å². The molecule has 0 radical (unpaired) electrons. The van der Waals surface area contributed by atoms with Gasteiger partial charge in [-0.2, -0.15) is 4.31 Å². The van der Waals surface area contributed by atoms with Crippen LogP contribution in [0.2, 0.25) is 0 Å². The van der Waals surface area contributed by atoms with E-state index in [-0.39, 0.29) is 5.92 Å². The fourth-order valence-electron chi connectivity index (χ4n) is 3.20. The summed E-state index contributed by atoms with van der Waals surface area (Å²) in [4.78, 5) is 0.309. The Balaban J connectivity index is 1.58. The molecule has 1 aliphatic rings. The maximum Gasteiger partial charge on any atom is 0.243 e. The van der Waals surface area contributed by atoms with E-state index in [4.69, 9.17) is 9.47 Å². The third-order valence-electron chi connectivity index (χ3n) is 4.64. The maximum atomic E-state index is 12.9. The molecule has 0 aliphatic carbocycles. The topological polar surface area (TPSA) is 55.8 Å². The van der Waals surface area contributed by atoms with Crippen LogP contribution in [0.1, 0.15) is 18.4 Å². The van der Waals surface area contributed by atoms with E-state index in [0.29, 0.717) is 36.9 Å². The van der Waals surface area contributed by atoms with Gasteiger partial charge in [-0.05, 0) is 48.6 Å². The summed E-state index contributed by atoms with van der Waals surface area (Å²) in [5.74, 6) is 0.871. The van der Waals surface area contributed by atoms with Gasteiger partial charge in [0.05, 0.1) is 25.2 Å². The van der Waals surface area contributed by atoms with Crippen molar-refractivity contribution in [1.82, 2.24) is 4.31 Å². The van der Waals surface area contributed by atoms with Gasteiger partial charge in [-0.25, -0.2) is 8.42 Å². The van der Waals surface area contributed by atoms with Crippen LogP contribution in [0.3, 0.4) is 0 Å². The van der Waals surface area contributed by atoms with Gasteiger partial charge < -0.3 is 9.47 Å².